The molecule has 2 heteroatoms. The van der Waals surface area contributed by atoms with E-state index in [2.05, 4.69) is 116 Å². The van der Waals surface area contributed by atoms with Crippen LogP contribution in [-0.2, 0) is 0 Å². The molecule has 2 aromatic rings. The van der Waals surface area contributed by atoms with Gasteiger partial charge in [-0.05, 0) is 107 Å². The molecule has 5 aliphatic carbocycles. The van der Waals surface area contributed by atoms with Gasteiger partial charge in [-0.25, -0.2) is 0 Å². The molecule has 2 N–H and O–H groups in total. The molecule has 0 saturated carbocycles. The fourth-order valence-corrected chi connectivity index (χ4v) is 7.27. The lowest BCUT2D eigenvalue weighted by molar-refractivity contribution is 0.633. The second-order valence-corrected chi connectivity index (χ2v) is 12.2. The van der Waals surface area contributed by atoms with Gasteiger partial charge in [0.05, 0.1) is 6.04 Å². The molecule has 0 aliphatic heterocycles. The first kappa shape index (κ1) is 26.7. The van der Waals surface area contributed by atoms with Gasteiger partial charge < -0.3 is 5.73 Å². The predicted molar refractivity (Wildman–Crippen MR) is 179 cm³/mol. The topological polar surface area (TPSA) is 38.4 Å². The molecule has 2 aromatic carbocycles. The predicted octanol–water partition coefficient (Wildman–Crippen LogP) is 9.67. The van der Waals surface area contributed by atoms with Crippen LogP contribution in [0.25, 0.3) is 16.3 Å². The molecule has 0 bridgehead atoms. The van der Waals surface area contributed by atoms with E-state index in [0.29, 0.717) is 11.8 Å². The Morgan fingerprint density at radius 2 is 1.76 bits per heavy atom. The quantitative estimate of drug-likeness (QED) is 0.359. The molecule has 0 aromatic heterocycles. The van der Waals surface area contributed by atoms with Crippen molar-refractivity contribution in [3.8, 4) is 0 Å². The van der Waals surface area contributed by atoms with E-state index >= 15 is 0 Å². The van der Waals surface area contributed by atoms with E-state index in [4.69, 9.17) is 10.7 Å². The van der Waals surface area contributed by atoms with E-state index in [0.717, 1.165) is 57.1 Å². The molecule has 0 spiro atoms. The fourth-order valence-electron chi connectivity index (χ4n) is 7.27. The third-order valence-corrected chi connectivity index (χ3v) is 9.51. The number of hydrogen-bond acceptors (Lipinski definition) is 2. The standard InChI is InChI=1S/C40H40N2/c41-39-21-6-5-18-38(39)40(32-24-22-31(23-25-32)36-19-8-13-29-11-1-3-16-34(29)36)42-27-28-10-7-15-33(26-28)37-20-9-14-30-12-2-4-17-35(30)37/h1-4,8-9,11-12,14-22,24,27-29,40H,5-7,10,13,23,25-26,41H2. The highest BCUT2D eigenvalue weighted by Gasteiger charge is 2.26. The number of nitrogens with two attached hydrogens (primary N) is 1. The zero-order chi connectivity index (χ0) is 28.3. The Kier molecular flexibility index (Phi) is 7.62. The highest BCUT2D eigenvalue weighted by Crippen LogP contribution is 2.39. The van der Waals surface area contributed by atoms with Crippen molar-refractivity contribution in [2.45, 2.75) is 57.4 Å². The van der Waals surface area contributed by atoms with Gasteiger partial charge in [-0.2, -0.15) is 0 Å². The molecule has 7 rings (SSSR count). The van der Waals surface area contributed by atoms with Gasteiger partial charge in [0.2, 0.25) is 0 Å². The van der Waals surface area contributed by atoms with E-state index in [-0.39, 0.29) is 6.04 Å². The Labute approximate surface area is 250 Å². The van der Waals surface area contributed by atoms with Crippen molar-refractivity contribution in [2.24, 2.45) is 22.6 Å². The second-order valence-electron chi connectivity index (χ2n) is 12.2. The Morgan fingerprint density at radius 3 is 2.67 bits per heavy atom. The van der Waals surface area contributed by atoms with Crippen molar-refractivity contribution in [1.82, 2.24) is 0 Å². The Morgan fingerprint density at radius 1 is 0.857 bits per heavy atom. The zero-order valence-corrected chi connectivity index (χ0v) is 24.4. The number of hydrogen-bond donors (Lipinski definition) is 1. The van der Waals surface area contributed by atoms with Gasteiger partial charge in [0, 0.05) is 17.8 Å². The molecule has 0 radical (unpaired) electrons. The highest BCUT2D eigenvalue weighted by atomic mass is 14.8. The van der Waals surface area contributed by atoms with E-state index in [1.165, 1.54) is 49.8 Å². The SMILES string of the molecule is NC1=CCCC=C1C(N=CC1CCC=C(c2cccc3ccccc23)C1)C1=CC=C(C2=C3C=CC=CC3CC=C2)CC1. The van der Waals surface area contributed by atoms with Gasteiger partial charge in [-0.3, -0.25) is 4.99 Å². The maximum atomic E-state index is 6.60. The Balaban J connectivity index is 1.16. The van der Waals surface area contributed by atoms with E-state index in [9.17, 15) is 0 Å². The summed E-state index contributed by atoms with van der Waals surface area (Å²) in [5, 5.41) is 2.65. The molecule has 2 nitrogen and oxygen atoms in total. The monoisotopic (exact) mass is 548 g/mol. The average molecular weight is 549 g/mol. The maximum absolute atomic E-state index is 6.60. The van der Waals surface area contributed by atoms with Crippen LogP contribution in [0.1, 0.15) is 56.9 Å². The van der Waals surface area contributed by atoms with Crippen LogP contribution in [0.3, 0.4) is 0 Å². The number of nitrogens with zero attached hydrogens (tertiary/aromatic N) is 1. The molecule has 0 heterocycles. The largest absolute Gasteiger partial charge is 0.399 e. The minimum absolute atomic E-state index is 0.00364. The molecular weight excluding hydrogens is 508 g/mol. The van der Waals surface area contributed by atoms with Crippen molar-refractivity contribution >= 4 is 22.6 Å². The van der Waals surface area contributed by atoms with Crippen molar-refractivity contribution < 1.29 is 0 Å². The van der Waals surface area contributed by atoms with Crippen LogP contribution < -0.4 is 5.73 Å². The van der Waals surface area contributed by atoms with Crippen molar-refractivity contribution in [2.75, 3.05) is 0 Å². The third-order valence-electron chi connectivity index (χ3n) is 9.51. The summed E-state index contributed by atoms with van der Waals surface area (Å²) in [5.41, 5.74) is 17.2. The van der Waals surface area contributed by atoms with Gasteiger partial charge in [-0.1, -0.05) is 109 Å². The fraction of sp³-hybridized carbons (Fsp3) is 0.275. The van der Waals surface area contributed by atoms with E-state index < -0.39 is 0 Å². The van der Waals surface area contributed by atoms with Crippen molar-refractivity contribution in [1.29, 1.82) is 0 Å². The first-order valence-corrected chi connectivity index (χ1v) is 15.8. The van der Waals surface area contributed by atoms with Crippen molar-refractivity contribution in [3.05, 3.63) is 148 Å². The molecule has 3 atom stereocenters. The van der Waals surface area contributed by atoms with Gasteiger partial charge >= 0.3 is 0 Å². The van der Waals surface area contributed by atoms with Crippen LogP contribution >= 0.6 is 0 Å². The summed E-state index contributed by atoms with van der Waals surface area (Å²) in [5.74, 6) is 0.942. The lowest BCUT2D eigenvalue weighted by Gasteiger charge is -2.28. The lowest BCUT2D eigenvalue weighted by Crippen LogP contribution is -2.21. The number of benzene rings is 2. The maximum Gasteiger partial charge on any atom is 0.0975 e. The molecule has 0 saturated heterocycles. The van der Waals surface area contributed by atoms with Crippen LogP contribution in [0.5, 0.6) is 0 Å². The highest BCUT2D eigenvalue weighted by molar-refractivity contribution is 5.94. The van der Waals surface area contributed by atoms with Gasteiger partial charge in [0.15, 0.2) is 0 Å². The van der Waals surface area contributed by atoms with Crippen LogP contribution in [0, 0.1) is 11.8 Å². The summed E-state index contributed by atoms with van der Waals surface area (Å²) in [6, 6.07) is 15.4. The van der Waals surface area contributed by atoms with Gasteiger partial charge in [0.25, 0.3) is 0 Å². The molecule has 0 amide bonds. The summed E-state index contributed by atoms with van der Waals surface area (Å²) in [7, 11) is 0. The molecule has 42 heavy (non-hydrogen) atoms. The molecule has 210 valence electrons. The van der Waals surface area contributed by atoms with E-state index in [1.54, 1.807) is 0 Å². The summed E-state index contributed by atoms with van der Waals surface area (Å²) in [4.78, 5) is 5.35. The van der Waals surface area contributed by atoms with Crippen LogP contribution in [0.2, 0.25) is 0 Å². The third kappa shape index (κ3) is 5.39. The number of aliphatic imine (C=N–C) groups is 1. The zero-order valence-electron chi connectivity index (χ0n) is 24.4. The number of fused-ring (bicyclic) bond motifs is 2. The summed E-state index contributed by atoms with van der Waals surface area (Å²) >= 11 is 0. The van der Waals surface area contributed by atoms with Gasteiger partial charge in [0.1, 0.15) is 0 Å². The normalized spacial score (nSPS) is 24.6. The van der Waals surface area contributed by atoms with Gasteiger partial charge in [-0.15, -0.1) is 0 Å². The van der Waals surface area contributed by atoms with E-state index in [1.807, 2.05) is 0 Å². The molecule has 0 fully saturated rings. The molecular formula is C40H40N2. The van der Waals surface area contributed by atoms with Crippen LogP contribution in [-0.4, -0.2) is 12.3 Å². The second kappa shape index (κ2) is 12.0. The van der Waals surface area contributed by atoms with Crippen molar-refractivity contribution in [3.63, 3.8) is 0 Å². The smallest absolute Gasteiger partial charge is 0.0975 e. The summed E-state index contributed by atoms with van der Waals surface area (Å²) < 4.78 is 0. The lowest BCUT2D eigenvalue weighted by atomic mass is 9.78. The Hall–Kier alpha value is -4.17. The summed E-state index contributed by atoms with van der Waals surface area (Å²) in [6.45, 7) is 0. The summed E-state index contributed by atoms with van der Waals surface area (Å²) in [6.07, 6.45) is 36.1. The minimum Gasteiger partial charge on any atom is -0.399 e. The average Bonchev–Trinajstić information content (AvgIpc) is 3.05. The molecule has 5 aliphatic rings. The van der Waals surface area contributed by atoms with Crippen LogP contribution in [0.4, 0.5) is 0 Å². The first-order chi connectivity index (χ1) is 20.7. The Bertz CT molecular complexity index is 1690. The van der Waals surface area contributed by atoms with Crippen LogP contribution in [0.15, 0.2) is 148 Å². The number of allylic oxidation sites excluding steroid dienone is 15. The molecule has 3 unspecified atom stereocenters. The number of rotatable bonds is 6. The first-order valence-electron chi connectivity index (χ1n) is 15.8. The minimum atomic E-state index is -0.00364.